The number of aromatic nitrogens is 2. The average Bonchev–Trinajstić information content (AvgIpc) is 2.34. The summed E-state index contributed by atoms with van der Waals surface area (Å²) >= 11 is 0. The Labute approximate surface area is 70.2 Å². The molecule has 0 amide bonds. The molecule has 0 bridgehead atoms. The molecule has 1 aromatic rings. The molecule has 4 heteroatoms. The van der Waals surface area contributed by atoms with E-state index in [1.807, 2.05) is 0 Å². The summed E-state index contributed by atoms with van der Waals surface area (Å²) in [6.45, 7) is 1.39. The molecule has 0 aliphatic rings. The SMILES string of the molecule is CC(=O)CC(=O)c1cn(C)cn1. The molecule has 0 fully saturated rings. The number of rotatable bonds is 3. The molecule has 0 spiro atoms. The van der Waals surface area contributed by atoms with Gasteiger partial charge in [0.2, 0.25) is 0 Å². The Bertz CT molecular complexity index is 315. The number of ketones is 2. The summed E-state index contributed by atoms with van der Waals surface area (Å²) in [6.07, 6.45) is 3.08. The lowest BCUT2D eigenvalue weighted by Gasteiger charge is -1.90. The van der Waals surface area contributed by atoms with Crippen molar-refractivity contribution in [3.05, 3.63) is 18.2 Å². The summed E-state index contributed by atoms with van der Waals surface area (Å²) in [5, 5.41) is 0. The maximum absolute atomic E-state index is 11.2. The van der Waals surface area contributed by atoms with E-state index in [4.69, 9.17) is 0 Å². The molecule has 0 unspecified atom stereocenters. The second kappa shape index (κ2) is 3.30. The Hall–Kier alpha value is -1.45. The molecular formula is C8H10N2O2. The maximum atomic E-state index is 11.2. The summed E-state index contributed by atoms with van der Waals surface area (Å²) < 4.78 is 1.67. The van der Waals surface area contributed by atoms with Crippen LogP contribution >= 0.6 is 0 Å². The first kappa shape index (κ1) is 8.64. The minimum Gasteiger partial charge on any atom is -0.340 e. The van der Waals surface area contributed by atoms with Crippen LogP contribution in [0.2, 0.25) is 0 Å². The molecule has 12 heavy (non-hydrogen) atoms. The van der Waals surface area contributed by atoms with Gasteiger partial charge in [-0.05, 0) is 6.92 Å². The van der Waals surface area contributed by atoms with Gasteiger partial charge in [0.1, 0.15) is 11.5 Å². The van der Waals surface area contributed by atoms with Crippen molar-refractivity contribution in [2.45, 2.75) is 13.3 Å². The normalized spacial score (nSPS) is 9.83. The van der Waals surface area contributed by atoms with Gasteiger partial charge in [-0.15, -0.1) is 0 Å². The average molecular weight is 166 g/mol. The van der Waals surface area contributed by atoms with Crippen molar-refractivity contribution in [2.24, 2.45) is 7.05 Å². The van der Waals surface area contributed by atoms with Crippen LogP contribution in [-0.2, 0) is 11.8 Å². The van der Waals surface area contributed by atoms with Crippen LogP contribution in [0, 0.1) is 0 Å². The van der Waals surface area contributed by atoms with Gasteiger partial charge < -0.3 is 4.57 Å². The van der Waals surface area contributed by atoms with Gasteiger partial charge >= 0.3 is 0 Å². The summed E-state index contributed by atoms with van der Waals surface area (Å²) in [4.78, 5) is 25.6. The van der Waals surface area contributed by atoms with Crippen LogP contribution in [-0.4, -0.2) is 21.1 Å². The number of aryl methyl sites for hydroxylation is 1. The van der Waals surface area contributed by atoms with Crippen LogP contribution in [0.4, 0.5) is 0 Å². The third-order valence-corrected chi connectivity index (χ3v) is 1.40. The zero-order valence-corrected chi connectivity index (χ0v) is 7.07. The first-order valence-corrected chi connectivity index (χ1v) is 3.60. The minimum absolute atomic E-state index is 0.0585. The molecule has 1 heterocycles. The largest absolute Gasteiger partial charge is 0.340 e. The monoisotopic (exact) mass is 166 g/mol. The van der Waals surface area contributed by atoms with Crippen LogP contribution in [0.5, 0.6) is 0 Å². The molecule has 0 aromatic carbocycles. The zero-order chi connectivity index (χ0) is 9.14. The van der Waals surface area contributed by atoms with E-state index < -0.39 is 0 Å². The molecule has 0 aliphatic heterocycles. The highest BCUT2D eigenvalue weighted by atomic mass is 16.1. The molecule has 0 aliphatic carbocycles. The van der Waals surface area contributed by atoms with Gasteiger partial charge in [-0.3, -0.25) is 9.59 Å². The van der Waals surface area contributed by atoms with Crippen molar-refractivity contribution < 1.29 is 9.59 Å². The fourth-order valence-electron chi connectivity index (χ4n) is 0.873. The molecule has 4 nitrogen and oxygen atoms in total. The summed E-state index contributed by atoms with van der Waals surface area (Å²) in [7, 11) is 1.78. The van der Waals surface area contributed by atoms with Crippen molar-refractivity contribution in [2.75, 3.05) is 0 Å². The lowest BCUT2D eigenvalue weighted by molar-refractivity contribution is -0.116. The fraction of sp³-hybridized carbons (Fsp3) is 0.375. The van der Waals surface area contributed by atoms with E-state index >= 15 is 0 Å². The van der Waals surface area contributed by atoms with Gasteiger partial charge in [-0.1, -0.05) is 0 Å². The van der Waals surface area contributed by atoms with E-state index in [2.05, 4.69) is 4.98 Å². The Morgan fingerprint density at radius 1 is 1.58 bits per heavy atom. The van der Waals surface area contributed by atoms with Crippen molar-refractivity contribution in [1.29, 1.82) is 0 Å². The standard InChI is InChI=1S/C8H10N2O2/c1-6(11)3-8(12)7-4-10(2)5-9-7/h4-5H,3H2,1-2H3. The summed E-state index contributed by atoms with van der Waals surface area (Å²) in [6, 6.07) is 0. The zero-order valence-electron chi connectivity index (χ0n) is 7.07. The van der Waals surface area contributed by atoms with Gasteiger partial charge in [0, 0.05) is 13.2 Å². The minimum atomic E-state index is -0.219. The third-order valence-electron chi connectivity index (χ3n) is 1.40. The van der Waals surface area contributed by atoms with E-state index in [1.165, 1.54) is 13.3 Å². The number of imidazole rings is 1. The van der Waals surface area contributed by atoms with Gasteiger partial charge in [0.05, 0.1) is 12.7 Å². The maximum Gasteiger partial charge on any atom is 0.190 e. The van der Waals surface area contributed by atoms with Crippen molar-refractivity contribution in [3.8, 4) is 0 Å². The predicted molar refractivity (Wildman–Crippen MR) is 42.8 cm³/mol. The molecule has 0 radical (unpaired) electrons. The number of Topliss-reactive ketones (excluding diaryl/α,β-unsaturated/α-hetero) is 2. The van der Waals surface area contributed by atoms with Crippen LogP contribution < -0.4 is 0 Å². The smallest absolute Gasteiger partial charge is 0.190 e. The summed E-state index contributed by atoms with van der Waals surface area (Å²) in [5.74, 6) is -0.353. The predicted octanol–water partition coefficient (Wildman–Crippen LogP) is 0.582. The van der Waals surface area contributed by atoms with Crippen LogP contribution in [0.15, 0.2) is 12.5 Å². The van der Waals surface area contributed by atoms with E-state index in [1.54, 1.807) is 17.8 Å². The topological polar surface area (TPSA) is 52.0 Å². The Kier molecular flexibility index (Phi) is 2.38. The number of carbonyl (C=O) groups excluding carboxylic acids is 2. The highest BCUT2D eigenvalue weighted by Crippen LogP contribution is 1.99. The highest BCUT2D eigenvalue weighted by Gasteiger charge is 2.10. The Balaban J connectivity index is 2.72. The lowest BCUT2D eigenvalue weighted by Crippen LogP contribution is -2.04. The first-order chi connectivity index (χ1) is 5.59. The third kappa shape index (κ3) is 2.02. The fourth-order valence-corrected chi connectivity index (χ4v) is 0.873. The molecule has 0 atom stereocenters. The first-order valence-electron chi connectivity index (χ1n) is 3.60. The van der Waals surface area contributed by atoms with Crippen molar-refractivity contribution in [3.63, 3.8) is 0 Å². The number of hydrogen-bond acceptors (Lipinski definition) is 3. The Morgan fingerprint density at radius 3 is 2.67 bits per heavy atom. The van der Waals surface area contributed by atoms with E-state index in [0.29, 0.717) is 5.69 Å². The van der Waals surface area contributed by atoms with Crippen molar-refractivity contribution in [1.82, 2.24) is 9.55 Å². The van der Waals surface area contributed by atoms with Crippen molar-refractivity contribution >= 4 is 11.6 Å². The van der Waals surface area contributed by atoms with Gasteiger partial charge in [-0.25, -0.2) is 4.98 Å². The number of carbonyl (C=O) groups is 2. The molecular weight excluding hydrogens is 156 g/mol. The summed E-state index contributed by atoms with van der Waals surface area (Å²) in [5.41, 5.74) is 0.354. The Morgan fingerprint density at radius 2 is 2.25 bits per heavy atom. The molecule has 1 rings (SSSR count). The lowest BCUT2D eigenvalue weighted by atomic mass is 10.2. The molecule has 0 N–H and O–H groups in total. The van der Waals surface area contributed by atoms with Crippen LogP contribution in [0.1, 0.15) is 23.8 Å². The molecule has 64 valence electrons. The van der Waals surface area contributed by atoms with Crippen LogP contribution in [0.25, 0.3) is 0 Å². The second-order valence-corrected chi connectivity index (χ2v) is 2.73. The second-order valence-electron chi connectivity index (χ2n) is 2.73. The highest BCUT2D eigenvalue weighted by molar-refractivity contribution is 6.06. The van der Waals surface area contributed by atoms with E-state index in [9.17, 15) is 9.59 Å². The number of hydrogen-bond donors (Lipinski definition) is 0. The van der Waals surface area contributed by atoms with Gasteiger partial charge in [-0.2, -0.15) is 0 Å². The number of nitrogens with zero attached hydrogens (tertiary/aromatic N) is 2. The van der Waals surface area contributed by atoms with E-state index in [0.717, 1.165) is 0 Å². The van der Waals surface area contributed by atoms with Gasteiger partial charge in [0.25, 0.3) is 0 Å². The van der Waals surface area contributed by atoms with Gasteiger partial charge in [0.15, 0.2) is 5.78 Å². The van der Waals surface area contributed by atoms with E-state index in [-0.39, 0.29) is 18.0 Å². The van der Waals surface area contributed by atoms with Crippen LogP contribution in [0.3, 0.4) is 0 Å². The quantitative estimate of drug-likeness (QED) is 0.487. The molecule has 1 aromatic heterocycles. The molecule has 0 saturated carbocycles. The molecule has 0 saturated heterocycles.